The third-order valence-electron chi connectivity index (χ3n) is 4.81. The van der Waals surface area contributed by atoms with Crippen LogP contribution in [0.4, 0.5) is 0 Å². The van der Waals surface area contributed by atoms with Gasteiger partial charge in [0.25, 0.3) is 0 Å². The summed E-state index contributed by atoms with van der Waals surface area (Å²) in [5.74, 6) is 0.500. The molecule has 0 bridgehead atoms. The lowest BCUT2D eigenvalue weighted by Crippen LogP contribution is -2.35. The van der Waals surface area contributed by atoms with Gasteiger partial charge in [0, 0.05) is 43.6 Å². The molecule has 0 radical (unpaired) electrons. The lowest BCUT2D eigenvalue weighted by Gasteiger charge is -2.29. The fourth-order valence-electron chi connectivity index (χ4n) is 3.12. The van der Waals surface area contributed by atoms with Gasteiger partial charge in [-0.25, -0.2) is 0 Å². The summed E-state index contributed by atoms with van der Waals surface area (Å²) in [5.41, 5.74) is 3.79. The van der Waals surface area contributed by atoms with Crippen molar-refractivity contribution in [2.24, 2.45) is 0 Å². The third kappa shape index (κ3) is 5.06. The quantitative estimate of drug-likeness (QED) is 0.823. The topological polar surface area (TPSA) is 25.4 Å². The summed E-state index contributed by atoms with van der Waals surface area (Å²) in [6, 6.07) is 5.05. The molecule has 0 aromatic carbocycles. The normalized spacial score (nSPS) is 20.2. The van der Waals surface area contributed by atoms with Crippen molar-refractivity contribution < 1.29 is 4.74 Å². The highest BCUT2D eigenvalue weighted by molar-refractivity contribution is 5.23. The molecule has 1 aromatic heterocycles. The molecule has 1 saturated heterocycles. The second kappa shape index (κ2) is 8.64. The number of rotatable bonds is 5. The minimum Gasteiger partial charge on any atom is -0.381 e. The molecule has 3 nitrogen and oxygen atoms in total. The second-order valence-corrected chi connectivity index (χ2v) is 6.94. The summed E-state index contributed by atoms with van der Waals surface area (Å²) < 4.78 is 5.64. The van der Waals surface area contributed by atoms with Crippen molar-refractivity contribution in [1.29, 1.82) is 0 Å². The molecule has 2 rings (SSSR count). The van der Waals surface area contributed by atoms with Gasteiger partial charge < -0.3 is 9.64 Å². The van der Waals surface area contributed by atoms with Gasteiger partial charge in [-0.15, -0.1) is 0 Å². The van der Waals surface area contributed by atoms with Gasteiger partial charge >= 0.3 is 0 Å². The SMILES string of the molecule is Cc1ccc(C(C)C)nc1CCN(C)C1CCCCOCC1. The van der Waals surface area contributed by atoms with Crippen LogP contribution in [0, 0.1) is 6.92 Å². The summed E-state index contributed by atoms with van der Waals surface area (Å²) in [7, 11) is 2.26. The highest BCUT2D eigenvalue weighted by Crippen LogP contribution is 2.17. The maximum Gasteiger partial charge on any atom is 0.0480 e. The largest absolute Gasteiger partial charge is 0.381 e. The molecule has 1 aliphatic rings. The Morgan fingerprint density at radius 1 is 1.23 bits per heavy atom. The highest BCUT2D eigenvalue weighted by Gasteiger charge is 2.16. The number of ether oxygens (including phenoxy) is 1. The van der Waals surface area contributed by atoms with Gasteiger partial charge in [-0.1, -0.05) is 19.9 Å². The van der Waals surface area contributed by atoms with Crippen molar-refractivity contribution >= 4 is 0 Å². The first-order valence-corrected chi connectivity index (χ1v) is 8.82. The van der Waals surface area contributed by atoms with Gasteiger partial charge in [0.15, 0.2) is 0 Å². The fourth-order valence-corrected chi connectivity index (χ4v) is 3.12. The molecule has 3 heteroatoms. The van der Waals surface area contributed by atoms with E-state index in [1.807, 2.05) is 0 Å². The Hall–Kier alpha value is -0.930. The lowest BCUT2D eigenvalue weighted by atomic mass is 10.0. The molecular weight excluding hydrogens is 272 g/mol. The number of aromatic nitrogens is 1. The van der Waals surface area contributed by atoms with Crippen molar-refractivity contribution in [3.8, 4) is 0 Å². The molecule has 2 heterocycles. The smallest absolute Gasteiger partial charge is 0.0480 e. The van der Waals surface area contributed by atoms with Gasteiger partial charge in [0.1, 0.15) is 0 Å². The van der Waals surface area contributed by atoms with Crippen LogP contribution in [0.3, 0.4) is 0 Å². The van der Waals surface area contributed by atoms with Crippen LogP contribution in [0.1, 0.15) is 62.4 Å². The first kappa shape index (κ1) is 17.4. The van der Waals surface area contributed by atoms with E-state index in [0.717, 1.165) is 32.6 Å². The molecule has 1 unspecified atom stereocenters. The van der Waals surface area contributed by atoms with Crippen LogP contribution in [-0.4, -0.2) is 42.7 Å². The Morgan fingerprint density at radius 2 is 2.05 bits per heavy atom. The van der Waals surface area contributed by atoms with E-state index >= 15 is 0 Å². The third-order valence-corrected chi connectivity index (χ3v) is 4.81. The highest BCUT2D eigenvalue weighted by atomic mass is 16.5. The standard InChI is InChI=1S/C19H32N2O/c1-15(2)18-9-8-16(3)19(20-18)10-12-21(4)17-7-5-6-13-22-14-11-17/h8-9,15,17H,5-7,10-14H2,1-4H3. The van der Waals surface area contributed by atoms with E-state index in [-0.39, 0.29) is 0 Å². The molecule has 1 fully saturated rings. The number of pyridine rings is 1. The van der Waals surface area contributed by atoms with Crippen LogP contribution >= 0.6 is 0 Å². The number of hydrogen-bond acceptors (Lipinski definition) is 3. The van der Waals surface area contributed by atoms with Crippen LogP contribution in [0.5, 0.6) is 0 Å². The molecule has 124 valence electrons. The molecular formula is C19H32N2O. The van der Waals surface area contributed by atoms with Crippen LogP contribution in [0.25, 0.3) is 0 Å². The summed E-state index contributed by atoms with van der Waals surface area (Å²) in [6.07, 6.45) is 6.00. The first-order valence-electron chi connectivity index (χ1n) is 8.82. The van der Waals surface area contributed by atoms with Crippen LogP contribution in [-0.2, 0) is 11.2 Å². The number of aryl methyl sites for hydroxylation is 1. The number of nitrogens with zero attached hydrogens (tertiary/aromatic N) is 2. The van der Waals surface area contributed by atoms with Crippen molar-refractivity contribution in [3.05, 3.63) is 29.1 Å². The lowest BCUT2D eigenvalue weighted by molar-refractivity contribution is 0.0818. The molecule has 22 heavy (non-hydrogen) atoms. The molecule has 0 aliphatic carbocycles. The summed E-state index contributed by atoms with van der Waals surface area (Å²) in [4.78, 5) is 7.38. The van der Waals surface area contributed by atoms with Crippen LogP contribution < -0.4 is 0 Å². The molecule has 0 amide bonds. The summed E-state index contributed by atoms with van der Waals surface area (Å²) >= 11 is 0. The predicted molar refractivity (Wildman–Crippen MR) is 92.5 cm³/mol. The second-order valence-electron chi connectivity index (χ2n) is 6.94. The minimum absolute atomic E-state index is 0.500. The zero-order chi connectivity index (χ0) is 15.9. The zero-order valence-electron chi connectivity index (χ0n) is 14.8. The average molecular weight is 304 g/mol. The van der Waals surface area contributed by atoms with Gasteiger partial charge in [-0.05, 0) is 57.2 Å². The number of likely N-dealkylation sites (N-methyl/N-ethyl adjacent to an activating group) is 1. The van der Waals surface area contributed by atoms with Crippen molar-refractivity contribution in [2.75, 3.05) is 26.8 Å². The van der Waals surface area contributed by atoms with Crippen molar-refractivity contribution in [2.45, 2.75) is 64.8 Å². The van der Waals surface area contributed by atoms with Gasteiger partial charge in [-0.3, -0.25) is 4.98 Å². The molecule has 1 aliphatic heterocycles. The first-order chi connectivity index (χ1) is 10.6. The Bertz CT molecular complexity index is 451. The predicted octanol–water partition coefficient (Wildman–Crippen LogP) is 3.95. The summed E-state index contributed by atoms with van der Waals surface area (Å²) in [5, 5.41) is 0. The van der Waals surface area contributed by atoms with E-state index in [2.05, 4.69) is 44.9 Å². The fraction of sp³-hybridized carbons (Fsp3) is 0.737. The average Bonchev–Trinajstić information content (AvgIpc) is 2.45. The maximum atomic E-state index is 5.64. The Balaban J connectivity index is 1.92. The van der Waals surface area contributed by atoms with E-state index in [4.69, 9.17) is 9.72 Å². The van der Waals surface area contributed by atoms with E-state index in [0.29, 0.717) is 12.0 Å². The molecule has 0 saturated carbocycles. The molecule has 1 aromatic rings. The molecule has 0 N–H and O–H groups in total. The Morgan fingerprint density at radius 3 is 2.82 bits per heavy atom. The minimum atomic E-state index is 0.500. The van der Waals surface area contributed by atoms with Crippen molar-refractivity contribution in [3.63, 3.8) is 0 Å². The Labute approximate surface area is 136 Å². The summed E-state index contributed by atoms with van der Waals surface area (Å²) in [6.45, 7) is 9.54. The van der Waals surface area contributed by atoms with Crippen molar-refractivity contribution in [1.82, 2.24) is 9.88 Å². The Kier molecular flexibility index (Phi) is 6.84. The van der Waals surface area contributed by atoms with E-state index in [9.17, 15) is 0 Å². The molecule has 1 atom stereocenters. The van der Waals surface area contributed by atoms with E-state index in [1.165, 1.54) is 36.2 Å². The van der Waals surface area contributed by atoms with Gasteiger partial charge in [0.05, 0.1) is 0 Å². The van der Waals surface area contributed by atoms with Gasteiger partial charge in [0.2, 0.25) is 0 Å². The van der Waals surface area contributed by atoms with Crippen LogP contribution in [0.2, 0.25) is 0 Å². The molecule has 0 spiro atoms. The maximum absolute atomic E-state index is 5.64. The monoisotopic (exact) mass is 304 g/mol. The number of hydrogen-bond donors (Lipinski definition) is 0. The van der Waals surface area contributed by atoms with E-state index < -0.39 is 0 Å². The zero-order valence-corrected chi connectivity index (χ0v) is 14.8. The van der Waals surface area contributed by atoms with E-state index in [1.54, 1.807) is 0 Å². The van der Waals surface area contributed by atoms with Crippen LogP contribution in [0.15, 0.2) is 12.1 Å². The van der Waals surface area contributed by atoms with Gasteiger partial charge in [-0.2, -0.15) is 0 Å².